The van der Waals surface area contributed by atoms with E-state index in [9.17, 15) is 19.8 Å². The molecule has 2 aromatic carbocycles. The van der Waals surface area contributed by atoms with E-state index in [1.165, 1.54) is 23.9 Å². The van der Waals surface area contributed by atoms with Crippen molar-refractivity contribution in [3.8, 4) is 17.3 Å². The molecule has 0 spiro atoms. The molecule has 0 saturated heterocycles. The molecule has 1 atom stereocenters. The van der Waals surface area contributed by atoms with Crippen LogP contribution in [0.2, 0.25) is 5.02 Å². The second-order valence-electron chi connectivity index (χ2n) is 6.15. The first-order valence-electron chi connectivity index (χ1n) is 8.59. The fourth-order valence-corrected chi connectivity index (χ4v) is 3.05. The van der Waals surface area contributed by atoms with E-state index in [4.69, 9.17) is 16.3 Å². The maximum atomic E-state index is 12.7. The summed E-state index contributed by atoms with van der Waals surface area (Å²) in [6.07, 6.45) is -0.395. The normalized spacial score (nSPS) is 11.7. The third-order valence-corrected chi connectivity index (χ3v) is 4.41. The van der Waals surface area contributed by atoms with E-state index < -0.39 is 24.3 Å². The van der Waals surface area contributed by atoms with Crippen LogP contribution in [0.1, 0.15) is 28.5 Å². The van der Waals surface area contributed by atoms with Crippen molar-refractivity contribution in [2.45, 2.75) is 12.5 Å². The van der Waals surface area contributed by atoms with Gasteiger partial charge < -0.3 is 20.3 Å². The molecule has 0 aliphatic heterocycles. The number of carbonyl (C=O) groups excluding carboxylic acids is 1. The van der Waals surface area contributed by atoms with E-state index in [1.807, 2.05) is 6.07 Å². The fraction of sp³-hybridized carbons (Fsp3) is 0.150. The van der Waals surface area contributed by atoms with E-state index in [2.05, 4.69) is 10.4 Å². The number of aromatic nitrogens is 2. The zero-order valence-corrected chi connectivity index (χ0v) is 16.1. The molecule has 1 amide bonds. The molecule has 0 radical (unpaired) electrons. The number of carbonyl (C=O) groups is 2. The third kappa shape index (κ3) is 4.67. The second-order valence-corrected chi connectivity index (χ2v) is 6.58. The van der Waals surface area contributed by atoms with E-state index >= 15 is 0 Å². The number of rotatable bonds is 7. The van der Waals surface area contributed by atoms with Crippen molar-refractivity contribution in [2.75, 3.05) is 7.11 Å². The van der Waals surface area contributed by atoms with Gasteiger partial charge in [-0.15, -0.1) is 0 Å². The second kappa shape index (κ2) is 8.66. The molecule has 1 unspecified atom stereocenters. The molecule has 9 heteroatoms. The third-order valence-electron chi connectivity index (χ3n) is 4.18. The number of methoxy groups -OCH3 is 1. The largest absolute Gasteiger partial charge is 0.496 e. The quantitative estimate of drug-likeness (QED) is 0.546. The molecule has 3 aromatic rings. The van der Waals surface area contributed by atoms with Crippen molar-refractivity contribution in [1.29, 1.82) is 0 Å². The van der Waals surface area contributed by atoms with Crippen LogP contribution < -0.4 is 10.1 Å². The predicted octanol–water partition coefficient (Wildman–Crippen LogP) is 3.19. The molecular weight excluding hydrogens is 398 g/mol. The zero-order valence-electron chi connectivity index (χ0n) is 15.4. The zero-order chi connectivity index (χ0) is 21.0. The van der Waals surface area contributed by atoms with E-state index in [0.29, 0.717) is 22.0 Å². The molecule has 0 bridgehead atoms. The molecule has 3 N–H and O–H groups in total. The number of amides is 1. The molecule has 29 heavy (non-hydrogen) atoms. The number of ether oxygens (including phenoxy) is 1. The summed E-state index contributed by atoms with van der Waals surface area (Å²) in [5, 5.41) is 26.5. The van der Waals surface area contributed by atoms with Gasteiger partial charge in [0.1, 0.15) is 5.75 Å². The Hall–Kier alpha value is -3.52. The number of aromatic hydroxyl groups is 1. The summed E-state index contributed by atoms with van der Waals surface area (Å²) >= 11 is 6.04. The summed E-state index contributed by atoms with van der Waals surface area (Å²) in [7, 11) is 1.44. The topological polar surface area (TPSA) is 114 Å². The Bertz CT molecular complexity index is 1040. The molecule has 8 nitrogen and oxygen atoms in total. The monoisotopic (exact) mass is 415 g/mol. The Kier molecular flexibility index (Phi) is 6.04. The number of halogens is 1. The van der Waals surface area contributed by atoms with Crippen molar-refractivity contribution in [3.63, 3.8) is 0 Å². The maximum Gasteiger partial charge on any atom is 0.305 e. The van der Waals surface area contributed by atoms with Gasteiger partial charge in [0.25, 0.3) is 5.91 Å². The molecule has 0 aliphatic carbocycles. The number of hydrogen-bond donors (Lipinski definition) is 3. The van der Waals surface area contributed by atoms with E-state index in [0.717, 1.165) is 0 Å². The SMILES string of the molecule is COc1ccc(Cl)cc1C(CC(=O)O)NC(=O)c1cc(O)n(-c2ccccc2)n1. The minimum atomic E-state index is -1.12. The molecule has 1 aromatic heterocycles. The molecular formula is C20H18ClN3O5. The first-order valence-corrected chi connectivity index (χ1v) is 8.97. The summed E-state index contributed by atoms with van der Waals surface area (Å²) in [5.41, 5.74) is 0.924. The Balaban J connectivity index is 1.90. The number of carboxylic acids is 1. The average Bonchev–Trinajstić information content (AvgIpc) is 3.09. The van der Waals surface area contributed by atoms with Crippen LogP contribution in [0.4, 0.5) is 0 Å². The molecule has 0 aliphatic rings. The molecule has 1 heterocycles. The lowest BCUT2D eigenvalue weighted by molar-refractivity contribution is -0.137. The number of para-hydroxylation sites is 1. The highest BCUT2D eigenvalue weighted by molar-refractivity contribution is 6.30. The van der Waals surface area contributed by atoms with Gasteiger partial charge in [0.15, 0.2) is 5.69 Å². The Morgan fingerprint density at radius 2 is 1.93 bits per heavy atom. The average molecular weight is 416 g/mol. The van der Waals surface area contributed by atoms with Gasteiger partial charge in [0.2, 0.25) is 5.88 Å². The molecule has 150 valence electrons. The molecule has 0 saturated carbocycles. The Labute approximate surface area is 171 Å². The van der Waals surface area contributed by atoms with Crippen LogP contribution in [0.15, 0.2) is 54.6 Å². The highest BCUT2D eigenvalue weighted by atomic mass is 35.5. The summed E-state index contributed by atoms with van der Waals surface area (Å²) in [5.74, 6) is -1.60. The Morgan fingerprint density at radius 1 is 1.21 bits per heavy atom. The molecule has 3 rings (SSSR count). The van der Waals surface area contributed by atoms with E-state index in [-0.39, 0.29) is 11.6 Å². The maximum absolute atomic E-state index is 12.7. The van der Waals surface area contributed by atoms with E-state index in [1.54, 1.807) is 36.4 Å². The van der Waals surface area contributed by atoms with Crippen molar-refractivity contribution in [1.82, 2.24) is 15.1 Å². The van der Waals surface area contributed by atoms with Gasteiger partial charge >= 0.3 is 5.97 Å². The predicted molar refractivity (Wildman–Crippen MR) is 106 cm³/mol. The number of nitrogens with zero attached hydrogens (tertiary/aromatic N) is 2. The number of aliphatic carboxylic acids is 1. The van der Waals surface area contributed by atoms with Gasteiger partial charge in [0, 0.05) is 16.7 Å². The van der Waals surface area contributed by atoms with Gasteiger partial charge in [-0.25, -0.2) is 4.68 Å². The van der Waals surface area contributed by atoms with Crippen molar-refractivity contribution in [3.05, 3.63) is 70.9 Å². The first-order chi connectivity index (χ1) is 13.9. The smallest absolute Gasteiger partial charge is 0.305 e. The van der Waals surface area contributed by atoms with Crippen molar-refractivity contribution < 1.29 is 24.5 Å². The van der Waals surface area contributed by atoms with Gasteiger partial charge in [-0.1, -0.05) is 29.8 Å². The summed E-state index contributed by atoms with van der Waals surface area (Å²) in [6.45, 7) is 0. The number of hydrogen-bond acceptors (Lipinski definition) is 5. The van der Waals surface area contributed by atoms with Gasteiger partial charge in [-0.2, -0.15) is 5.10 Å². The summed E-state index contributed by atoms with van der Waals surface area (Å²) in [6, 6.07) is 13.8. The molecule has 0 fully saturated rings. The van der Waals surface area contributed by atoms with Crippen LogP contribution in [-0.4, -0.2) is 39.0 Å². The highest BCUT2D eigenvalue weighted by Crippen LogP contribution is 2.30. The van der Waals surface area contributed by atoms with Crippen molar-refractivity contribution >= 4 is 23.5 Å². The van der Waals surface area contributed by atoms with Crippen LogP contribution in [-0.2, 0) is 4.79 Å². The van der Waals surface area contributed by atoms with Crippen LogP contribution in [0.5, 0.6) is 11.6 Å². The van der Waals surface area contributed by atoms with Crippen LogP contribution >= 0.6 is 11.6 Å². The first kappa shape index (κ1) is 20.2. The summed E-state index contributed by atoms with van der Waals surface area (Å²) in [4.78, 5) is 24.1. The Morgan fingerprint density at radius 3 is 2.59 bits per heavy atom. The van der Waals surface area contributed by atoms with Gasteiger partial charge in [-0.3, -0.25) is 9.59 Å². The van der Waals surface area contributed by atoms with Crippen molar-refractivity contribution in [2.24, 2.45) is 0 Å². The highest BCUT2D eigenvalue weighted by Gasteiger charge is 2.24. The lowest BCUT2D eigenvalue weighted by atomic mass is 10.0. The van der Waals surface area contributed by atoms with Gasteiger partial charge in [-0.05, 0) is 30.3 Å². The standard InChI is InChI=1S/C20H18ClN3O5/c1-29-17-8-7-12(21)9-14(17)15(11-19(26)27)22-20(28)16-10-18(25)24(23-16)13-5-3-2-4-6-13/h2-10,15,25H,11H2,1H3,(H,22,28)(H,26,27). The summed E-state index contributed by atoms with van der Waals surface area (Å²) < 4.78 is 6.48. The minimum Gasteiger partial charge on any atom is -0.496 e. The fourth-order valence-electron chi connectivity index (χ4n) is 2.86. The minimum absolute atomic E-state index is 0.0669. The van der Waals surface area contributed by atoms with Crippen LogP contribution in [0.25, 0.3) is 5.69 Å². The number of carboxylic acid groups (broad SMARTS) is 1. The number of nitrogens with one attached hydrogen (secondary N) is 1. The lowest BCUT2D eigenvalue weighted by Gasteiger charge is -2.19. The lowest BCUT2D eigenvalue weighted by Crippen LogP contribution is -2.31. The van der Waals surface area contributed by atoms with Crippen LogP contribution in [0.3, 0.4) is 0 Å². The van der Waals surface area contributed by atoms with Crippen LogP contribution in [0, 0.1) is 0 Å². The van der Waals surface area contributed by atoms with Gasteiger partial charge in [0.05, 0.1) is 25.3 Å². The number of benzene rings is 2.